The van der Waals surface area contributed by atoms with Crippen LogP contribution in [0.2, 0.25) is 0 Å². The summed E-state index contributed by atoms with van der Waals surface area (Å²) >= 11 is 3.19. The maximum atomic E-state index is 14.0. The molecule has 0 fully saturated rings. The molecule has 0 aliphatic carbocycles. The Hall–Kier alpha value is -1.69. The Labute approximate surface area is 130 Å². The Morgan fingerprint density at radius 2 is 2.19 bits per heavy atom. The number of nitrogens with zero attached hydrogens (tertiary/aromatic N) is 1. The number of oxazole rings is 1. The fourth-order valence-corrected chi connectivity index (χ4v) is 2.18. The van der Waals surface area contributed by atoms with E-state index in [0.29, 0.717) is 10.2 Å². The highest BCUT2D eigenvalue weighted by molar-refractivity contribution is 9.10. The van der Waals surface area contributed by atoms with Crippen LogP contribution in [0.1, 0.15) is 42.9 Å². The van der Waals surface area contributed by atoms with Crippen molar-refractivity contribution in [3.63, 3.8) is 0 Å². The molecule has 1 aromatic heterocycles. The lowest BCUT2D eigenvalue weighted by Gasteiger charge is -2.02. The van der Waals surface area contributed by atoms with E-state index in [9.17, 15) is 9.18 Å². The summed E-state index contributed by atoms with van der Waals surface area (Å²) in [5, 5.41) is 0. The first-order valence-electron chi connectivity index (χ1n) is 6.57. The molecule has 0 saturated heterocycles. The summed E-state index contributed by atoms with van der Waals surface area (Å²) in [6.07, 6.45) is 0. The number of benzene rings is 1. The maximum Gasteiger partial charge on any atom is 0.376 e. The van der Waals surface area contributed by atoms with E-state index < -0.39 is 11.8 Å². The molecule has 112 valence electrons. The number of halogens is 2. The predicted octanol–water partition coefficient (Wildman–Crippen LogP) is 4.54. The van der Waals surface area contributed by atoms with E-state index in [1.54, 1.807) is 19.1 Å². The van der Waals surface area contributed by atoms with E-state index in [2.05, 4.69) is 20.9 Å². The van der Waals surface area contributed by atoms with Gasteiger partial charge in [-0.3, -0.25) is 0 Å². The van der Waals surface area contributed by atoms with Gasteiger partial charge in [0.05, 0.1) is 17.9 Å². The smallest absolute Gasteiger partial charge is 0.376 e. The van der Waals surface area contributed by atoms with Crippen LogP contribution in [-0.2, 0) is 4.74 Å². The second-order valence-corrected chi connectivity index (χ2v) is 5.65. The van der Waals surface area contributed by atoms with Gasteiger partial charge in [0.15, 0.2) is 0 Å². The minimum atomic E-state index is -0.586. The van der Waals surface area contributed by atoms with Gasteiger partial charge in [0.25, 0.3) is 0 Å². The Bertz CT molecular complexity index is 667. The molecular weight excluding hydrogens is 341 g/mol. The van der Waals surface area contributed by atoms with Crippen LogP contribution in [0.4, 0.5) is 4.39 Å². The highest BCUT2D eigenvalue weighted by Gasteiger charge is 2.25. The van der Waals surface area contributed by atoms with Crippen molar-refractivity contribution in [2.75, 3.05) is 6.61 Å². The van der Waals surface area contributed by atoms with Crippen LogP contribution in [0.5, 0.6) is 0 Å². The van der Waals surface area contributed by atoms with Crippen LogP contribution < -0.4 is 0 Å². The first-order chi connectivity index (χ1) is 9.93. The van der Waals surface area contributed by atoms with Crippen molar-refractivity contribution in [1.29, 1.82) is 0 Å². The number of aromatic nitrogens is 1. The Kier molecular flexibility index (Phi) is 4.77. The van der Waals surface area contributed by atoms with Crippen LogP contribution in [0, 0.1) is 5.82 Å². The second-order valence-electron chi connectivity index (χ2n) is 4.73. The number of rotatable bonds is 4. The standard InChI is InChI=1S/C15H15BrFNO3/c1-4-20-15(19)13-12(8(2)3)18-14(21-13)10-6-5-9(16)7-11(10)17/h5-8H,4H2,1-3H3. The summed E-state index contributed by atoms with van der Waals surface area (Å²) in [5.41, 5.74) is 0.668. The van der Waals surface area contributed by atoms with E-state index in [1.807, 2.05) is 13.8 Å². The van der Waals surface area contributed by atoms with Crippen LogP contribution in [-0.4, -0.2) is 17.6 Å². The molecule has 1 heterocycles. The molecule has 0 radical (unpaired) electrons. The van der Waals surface area contributed by atoms with E-state index in [-0.39, 0.29) is 29.7 Å². The molecule has 21 heavy (non-hydrogen) atoms. The van der Waals surface area contributed by atoms with Gasteiger partial charge in [-0.25, -0.2) is 14.2 Å². The number of hydrogen-bond acceptors (Lipinski definition) is 4. The van der Waals surface area contributed by atoms with Crippen molar-refractivity contribution >= 4 is 21.9 Å². The number of hydrogen-bond donors (Lipinski definition) is 0. The Morgan fingerprint density at radius 1 is 1.48 bits per heavy atom. The molecule has 0 amide bonds. The molecule has 0 saturated carbocycles. The zero-order valence-electron chi connectivity index (χ0n) is 11.9. The van der Waals surface area contributed by atoms with Crippen molar-refractivity contribution in [1.82, 2.24) is 4.98 Å². The predicted molar refractivity (Wildman–Crippen MR) is 79.6 cm³/mol. The number of carbonyl (C=O) groups excluding carboxylic acids is 1. The van der Waals surface area contributed by atoms with Crippen molar-refractivity contribution in [3.8, 4) is 11.5 Å². The topological polar surface area (TPSA) is 52.3 Å². The highest BCUT2D eigenvalue weighted by atomic mass is 79.9. The minimum absolute atomic E-state index is 0.0316. The van der Waals surface area contributed by atoms with Gasteiger partial charge in [-0.15, -0.1) is 0 Å². The summed E-state index contributed by atoms with van der Waals surface area (Å²) < 4.78 is 25.0. The van der Waals surface area contributed by atoms with E-state index in [1.165, 1.54) is 6.07 Å². The van der Waals surface area contributed by atoms with Crippen molar-refractivity contribution in [2.45, 2.75) is 26.7 Å². The molecule has 0 atom stereocenters. The van der Waals surface area contributed by atoms with Crippen molar-refractivity contribution in [2.24, 2.45) is 0 Å². The van der Waals surface area contributed by atoms with Crippen molar-refractivity contribution < 1.29 is 18.3 Å². The first-order valence-corrected chi connectivity index (χ1v) is 7.36. The van der Waals surface area contributed by atoms with Gasteiger partial charge in [0.1, 0.15) is 5.82 Å². The Balaban J connectivity index is 2.51. The van der Waals surface area contributed by atoms with E-state index in [0.717, 1.165) is 0 Å². The van der Waals surface area contributed by atoms with Gasteiger partial charge in [-0.05, 0) is 31.0 Å². The fraction of sp³-hybridized carbons (Fsp3) is 0.333. The van der Waals surface area contributed by atoms with Gasteiger partial charge < -0.3 is 9.15 Å². The molecule has 4 nitrogen and oxygen atoms in total. The largest absolute Gasteiger partial charge is 0.460 e. The second kappa shape index (κ2) is 6.39. The monoisotopic (exact) mass is 355 g/mol. The lowest BCUT2D eigenvalue weighted by Crippen LogP contribution is -2.07. The number of ether oxygens (including phenoxy) is 1. The van der Waals surface area contributed by atoms with Crippen LogP contribution >= 0.6 is 15.9 Å². The first kappa shape index (κ1) is 15.7. The third kappa shape index (κ3) is 3.32. The van der Waals surface area contributed by atoms with E-state index in [4.69, 9.17) is 9.15 Å². The summed E-state index contributed by atoms with van der Waals surface area (Å²) in [5.74, 6) is -0.995. The van der Waals surface area contributed by atoms with Gasteiger partial charge in [-0.1, -0.05) is 29.8 Å². The Morgan fingerprint density at radius 3 is 2.76 bits per heavy atom. The summed E-state index contributed by atoms with van der Waals surface area (Å²) in [6, 6.07) is 4.55. The molecule has 2 rings (SSSR count). The van der Waals surface area contributed by atoms with Crippen LogP contribution in [0.3, 0.4) is 0 Å². The molecule has 0 N–H and O–H groups in total. The normalized spacial score (nSPS) is 11.0. The quantitative estimate of drug-likeness (QED) is 0.755. The average Bonchev–Trinajstić information content (AvgIpc) is 2.84. The molecule has 0 bridgehead atoms. The van der Waals surface area contributed by atoms with Crippen molar-refractivity contribution in [3.05, 3.63) is 39.9 Å². The maximum absolute atomic E-state index is 14.0. The summed E-state index contributed by atoms with van der Waals surface area (Å²) in [7, 11) is 0. The SMILES string of the molecule is CCOC(=O)c1oc(-c2ccc(Br)cc2F)nc1C(C)C. The van der Waals surface area contributed by atoms with Gasteiger partial charge in [0, 0.05) is 4.47 Å². The summed E-state index contributed by atoms with van der Waals surface area (Å²) in [4.78, 5) is 16.1. The lowest BCUT2D eigenvalue weighted by atomic mass is 10.1. The lowest BCUT2D eigenvalue weighted by molar-refractivity contribution is 0.0488. The zero-order valence-corrected chi connectivity index (χ0v) is 13.5. The molecular formula is C15H15BrFNO3. The molecule has 0 aliphatic heterocycles. The average molecular weight is 356 g/mol. The number of carbonyl (C=O) groups is 1. The molecule has 6 heteroatoms. The highest BCUT2D eigenvalue weighted by Crippen LogP contribution is 2.29. The van der Waals surface area contributed by atoms with Gasteiger partial charge >= 0.3 is 5.97 Å². The van der Waals surface area contributed by atoms with Crippen LogP contribution in [0.15, 0.2) is 27.1 Å². The third-order valence-electron chi connectivity index (χ3n) is 2.82. The molecule has 0 unspecified atom stereocenters. The molecule has 2 aromatic rings. The zero-order chi connectivity index (χ0) is 15.6. The van der Waals surface area contributed by atoms with Crippen LogP contribution in [0.25, 0.3) is 11.5 Å². The molecule has 0 spiro atoms. The van der Waals surface area contributed by atoms with E-state index >= 15 is 0 Å². The fourth-order valence-electron chi connectivity index (χ4n) is 1.84. The molecule has 0 aliphatic rings. The third-order valence-corrected chi connectivity index (χ3v) is 3.32. The van der Waals surface area contributed by atoms with Gasteiger partial charge in [0.2, 0.25) is 11.7 Å². The minimum Gasteiger partial charge on any atom is -0.460 e. The summed E-state index contributed by atoms with van der Waals surface area (Å²) in [6.45, 7) is 5.70. The number of esters is 1. The van der Waals surface area contributed by atoms with Gasteiger partial charge in [-0.2, -0.15) is 0 Å². The molecule has 1 aromatic carbocycles.